The van der Waals surface area contributed by atoms with E-state index in [1.165, 1.54) is 0 Å². The van der Waals surface area contributed by atoms with Crippen LogP contribution in [0.2, 0.25) is 0 Å². The number of para-hydroxylation sites is 1. The summed E-state index contributed by atoms with van der Waals surface area (Å²) in [4.78, 5) is 12.3. The van der Waals surface area contributed by atoms with Crippen LogP contribution in [0.4, 0.5) is 5.69 Å². The van der Waals surface area contributed by atoms with Gasteiger partial charge in [0.2, 0.25) is 0 Å². The molecule has 1 aliphatic heterocycles. The monoisotopic (exact) mass is 266 g/mol. The Morgan fingerprint density at radius 2 is 1.83 bits per heavy atom. The lowest BCUT2D eigenvalue weighted by Gasteiger charge is -2.32. The highest BCUT2D eigenvalue weighted by Gasteiger charge is 2.40. The van der Waals surface area contributed by atoms with Crippen LogP contribution in [0.3, 0.4) is 0 Å². The van der Waals surface area contributed by atoms with Crippen LogP contribution < -0.4 is 4.72 Å². The van der Waals surface area contributed by atoms with Crippen molar-refractivity contribution >= 4 is 21.8 Å². The quantitative estimate of drug-likeness (QED) is 0.842. The van der Waals surface area contributed by atoms with E-state index >= 15 is 0 Å². The van der Waals surface area contributed by atoms with Crippen LogP contribution in [-0.2, 0) is 10.2 Å². The number of amides is 1. The van der Waals surface area contributed by atoms with E-state index in [9.17, 15) is 13.2 Å². The number of hydrogen-bond donors (Lipinski definition) is 1. The third-order valence-electron chi connectivity index (χ3n) is 3.51. The Balaban J connectivity index is 2.08. The van der Waals surface area contributed by atoms with Crippen LogP contribution in [0.25, 0.3) is 0 Å². The first-order valence-corrected chi connectivity index (χ1v) is 7.49. The zero-order valence-corrected chi connectivity index (χ0v) is 10.6. The smallest absolute Gasteiger partial charge is 0.268 e. The Kier molecular flexibility index (Phi) is 2.55. The summed E-state index contributed by atoms with van der Waals surface area (Å²) in [5.74, 6) is -0.406. The third kappa shape index (κ3) is 1.68. The van der Waals surface area contributed by atoms with Gasteiger partial charge in [0.25, 0.3) is 5.91 Å². The van der Waals surface area contributed by atoms with Gasteiger partial charge in [0.1, 0.15) is 0 Å². The second-order valence-corrected chi connectivity index (χ2v) is 6.24. The highest BCUT2D eigenvalue weighted by Crippen LogP contribution is 2.32. The molecule has 1 fully saturated rings. The van der Waals surface area contributed by atoms with Crippen molar-refractivity contribution in [2.45, 2.75) is 31.7 Å². The van der Waals surface area contributed by atoms with E-state index in [0.29, 0.717) is 11.3 Å². The summed E-state index contributed by atoms with van der Waals surface area (Å²) in [6, 6.07) is 6.52. The molecule has 18 heavy (non-hydrogen) atoms. The van der Waals surface area contributed by atoms with E-state index in [1.807, 2.05) is 0 Å². The summed E-state index contributed by atoms with van der Waals surface area (Å²) in [7, 11) is -3.74. The lowest BCUT2D eigenvalue weighted by atomic mass is 10.1. The van der Waals surface area contributed by atoms with E-state index in [1.54, 1.807) is 24.3 Å². The first-order chi connectivity index (χ1) is 8.59. The minimum absolute atomic E-state index is 0.191. The van der Waals surface area contributed by atoms with Gasteiger partial charge < -0.3 is 0 Å². The molecular formula is C12H14N2O3S. The lowest BCUT2D eigenvalue weighted by Crippen LogP contribution is -2.49. The number of fused-ring (bicyclic) bond motifs is 1. The molecule has 1 aromatic carbocycles. The number of nitrogens with one attached hydrogen (secondary N) is 1. The Morgan fingerprint density at radius 3 is 2.56 bits per heavy atom. The Morgan fingerprint density at radius 1 is 1.17 bits per heavy atom. The molecule has 5 nitrogen and oxygen atoms in total. The number of nitrogens with zero attached hydrogens (tertiary/aromatic N) is 1. The van der Waals surface area contributed by atoms with Crippen LogP contribution in [0.5, 0.6) is 0 Å². The second kappa shape index (κ2) is 3.98. The molecule has 1 heterocycles. The average molecular weight is 266 g/mol. The first kappa shape index (κ1) is 11.5. The Hall–Kier alpha value is -1.56. The second-order valence-electron chi connectivity index (χ2n) is 4.69. The number of carbonyl (C=O) groups excluding carboxylic acids is 1. The molecule has 1 saturated carbocycles. The van der Waals surface area contributed by atoms with Gasteiger partial charge in [0.05, 0.1) is 11.3 Å². The van der Waals surface area contributed by atoms with E-state index in [0.717, 1.165) is 30.0 Å². The van der Waals surface area contributed by atoms with E-state index in [4.69, 9.17) is 0 Å². The van der Waals surface area contributed by atoms with Crippen LogP contribution in [0, 0.1) is 0 Å². The summed E-state index contributed by atoms with van der Waals surface area (Å²) in [6.45, 7) is 0. The molecule has 0 bridgehead atoms. The summed E-state index contributed by atoms with van der Waals surface area (Å²) < 4.78 is 27.8. The normalized spacial score (nSPS) is 22.7. The largest absolute Gasteiger partial charge is 0.326 e. The number of carbonyl (C=O) groups is 1. The molecule has 0 saturated heterocycles. The van der Waals surface area contributed by atoms with Crippen molar-refractivity contribution in [1.29, 1.82) is 0 Å². The molecule has 2 aliphatic rings. The van der Waals surface area contributed by atoms with Gasteiger partial charge in [-0.3, -0.25) is 9.52 Å². The summed E-state index contributed by atoms with van der Waals surface area (Å²) in [6.07, 6.45) is 3.47. The maximum absolute atomic E-state index is 12.3. The van der Waals surface area contributed by atoms with E-state index in [-0.39, 0.29) is 6.04 Å². The first-order valence-electron chi connectivity index (χ1n) is 6.05. The number of anilines is 1. The topological polar surface area (TPSA) is 66.5 Å². The molecule has 0 unspecified atom stereocenters. The van der Waals surface area contributed by atoms with Crippen LogP contribution >= 0.6 is 0 Å². The van der Waals surface area contributed by atoms with Gasteiger partial charge in [-0.05, 0) is 25.0 Å². The fourth-order valence-corrected chi connectivity index (χ4v) is 4.15. The number of hydrogen-bond acceptors (Lipinski definition) is 3. The molecular weight excluding hydrogens is 252 g/mol. The highest BCUT2D eigenvalue weighted by atomic mass is 32.2. The molecule has 1 N–H and O–H groups in total. The SMILES string of the molecule is O=C1c2ccccc2NS(=O)(=O)N1C1CCCC1. The van der Waals surface area contributed by atoms with Crippen molar-refractivity contribution < 1.29 is 13.2 Å². The number of rotatable bonds is 1. The fourth-order valence-electron chi connectivity index (χ4n) is 2.68. The predicted octanol–water partition coefficient (Wildman–Crippen LogP) is 1.74. The maximum atomic E-state index is 12.3. The summed E-state index contributed by atoms with van der Waals surface area (Å²) in [5.41, 5.74) is 0.802. The van der Waals surface area contributed by atoms with Crippen molar-refractivity contribution in [1.82, 2.24) is 4.31 Å². The molecule has 3 rings (SSSR count). The van der Waals surface area contributed by atoms with Gasteiger partial charge in [0.15, 0.2) is 0 Å². The maximum Gasteiger partial charge on any atom is 0.326 e. The lowest BCUT2D eigenvalue weighted by molar-refractivity contribution is 0.0821. The Labute approximate surface area is 106 Å². The van der Waals surface area contributed by atoms with Crippen LogP contribution in [-0.4, -0.2) is 24.7 Å². The highest BCUT2D eigenvalue weighted by molar-refractivity contribution is 7.91. The van der Waals surface area contributed by atoms with Crippen molar-refractivity contribution in [3.05, 3.63) is 29.8 Å². The molecule has 0 atom stereocenters. The molecule has 96 valence electrons. The van der Waals surface area contributed by atoms with Gasteiger partial charge in [-0.15, -0.1) is 0 Å². The summed E-state index contributed by atoms with van der Waals surface area (Å²) >= 11 is 0. The zero-order chi connectivity index (χ0) is 12.8. The van der Waals surface area contributed by atoms with E-state index in [2.05, 4.69) is 4.72 Å². The molecule has 0 spiro atoms. The fraction of sp³-hybridized carbons (Fsp3) is 0.417. The summed E-state index contributed by atoms with van der Waals surface area (Å²) in [5, 5.41) is 0. The standard InChI is InChI=1S/C12H14N2O3S/c15-12-10-7-3-4-8-11(10)13-18(16,17)14(12)9-5-1-2-6-9/h3-4,7-9,13H,1-2,5-6H2. The van der Waals surface area contributed by atoms with Crippen LogP contribution in [0.15, 0.2) is 24.3 Å². The van der Waals surface area contributed by atoms with Crippen molar-refractivity contribution in [2.75, 3.05) is 4.72 Å². The molecule has 1 aromatic rings. The molecule has 0 radical (unpaired) electrons. The van der Waals surface area contributed by atoms with Gasteiger partial charge in [-0.25, -0.2) is 4.31 Å². The third-order valence-corrected chi connectivity index (χ3v) is 4.97. The van der Waals surface area contributed by atoms with Gasteiger partial charge in [-0.1, -0.05) is 25.0 Å². The van der Waals surface area contributed by atoms with Crippen molar-refractivity contribution in [2.24, 2.45) is 0 Å². The van der Waals surface area contributed by atoms with Crippen molar-refractivity contribution in [3.8, 4) is 0 Å². The van der Waals surface area contributed by atoms with Crippen molar-refractivity contribution in [3.63, 3.8) is 0 Å². The minimum atomic E-state index is -3.74. The molecule has 1 aliphatic carbocycles. The van der Waals surface area contributed by atoms with Gasteiger partial charge >= 0.3 is 10.2 Å². The minimum Gasteiger partial charge on any atom is -0.268 e. The van der Waals surface area contributed by atoms with E-state index < -0.39 is 16.1 Å². The van der Waals surface area contributed by atoms with Gasteiger partial charge in [0, 0.05) is 6.04 Å². The Bertz CT molecular complexity index is 591. The van der Waals surface area contributed by atoms with Crippen LogP contribution in [0.1, 0.15) is 36.0 Å². The molecule has 6 heteroatoms. The average Bonchev–Trinajstić information content (AvgIpc) is 2.81. The predicted molar refractivity (Wildman–Crippen MR) is 67.4 cm³/mol. The zero-order valence-electron chi connectivity index (χ0n) is 9.80. The molecule has 0 aromatic heterocycles. The molecule has 1 amide bonds. The van der Waals surface area contributed by atoms with Gasteiger partial charge in [-0.2, -0.15) is 8.42 Å². The number of benzene rings is 1.